The van der Waals surface area contributed by atoms with Crippen molar-refractivity contribution in [1.82, 2.24) is 10.3 Å². The molecule has 1 heterocycles. The first-order valence-electron chi connectivity index (χ1n) is 5.42. The minimum Gasteiger partial charge on any atom is -0.367 e. The number of rotatable bonds is 4. The smallest absolute Gasteiger partial charge is 0.254 e. The predicted molar refractivity (Wildman–Crippen MR) is 63.2 cm³/mol. The van der Waals surface area contributed by atoms with Gasteiger partial charge < -0.3 is 10.3 Å². The zero-order valence-electron chi connectivity index (χ0n) is 9.24. The van der Waals surface area contributed by atoms with E-state index in [9.17, 15) is 9.18 Å². The fourth-order valence-electron chi connectivity index (χ4n) is 1.57. The number of benzene rings is 1. The summed E-state index contributed by atoms with van der Waals surface area (Å²) < 4.78 is 13.3. The van der Waals surface area contributed by atoms with E-state index in [0.717, 1.165) is 12.0 Å². The average molecular weight is 232 g/mol. The van der Waals surface area contributed by atoms with Crippen LogP contribution in [0.5, 0.6) is 0 Å². The van der Waals surface area contributed by atoms with Crippen molar-refractivity contribution in [3.8, 4) is 0 Å². The Balaban J connectivity index is 1.88. The van der Waals surface area contributed by atoms with E-state index in [-0.39, 0.29) is 11.5 Å². The first kappa shape index (κ1) is 11.4. The van der Waals surface area contributed by atoms with Crippen LogP contribution in [0.4, 0.5) is 4.39 Å². The van der Waals surface area contributed by atoms with Gasteiger partial charge in [0, 0.05) is 18.9 Å². The first-order chi connectivity index (χ1) is 8.27. The van der Waals surface area contributed by atoms with Crippen LogP contribution in [0.1, 0.15) is 15.9 Å². The summed E-state index contributed by atoms with van der Waals surface area (Å²) in [6.07, 6.45) is 4.42. The maximum Gasteiger partial charge on any atom is 0.254 e. The van der Waals surface area contributed by atoms with Gasteiger partial charge in [-0.25, -0.2) is 4.39 Å². The van der Waals surface area contributed by atoms with E-state index in [1.807, 2.05) is 18.5 Å². The molecule has 3 nitrogen and oxygen atoms in total. The first-order valence-corrected chi connectivity index (χ1v) is 5.42. The van der Waals surface area contributed by atoms with E-state index in [0.29, 0.717) is 6.54 Å². The van der Waals surface area contributed by atoms with Crippen molar-refractivity contribution < 1.29 is 9.18 Å². The van der Waals surface area contributed by atoms with Crippen LogP contribution >= 0.6 is 0 Å². The molecule has 2 aromatic rings. The van der Waals surface area contributed by atoms with Gasteiger partial charge in [0.15, 0.2) is 0 Å². The number of hydrogen-bond donors (Lipinski definition) is 2. The minimum atomic E-state index is -0.494. The molecule has 0 aliphatic rings. The largest absolute Gasteiger partial charge is 0.367 e. The van der Waals surface area contributed by atoms with E-state index in [4.69, 9.17) is 0 Å². The number of nitrogens with one attached hydrogen (secondary N) is 2. The molecule has 88 valence electrons. The number of aromatic nitrogens is 1. The second-order valence-electron chi connectivity index (χ2n) is 3.70. The van der Waals surface area contributed by atoms with Gasteiger partial charge in [0.25, 0.3) is 5.91 Å². The second kappa shape index (κ2) is 5.30. The van der Waals surface area contributed by atoms with Crippen LogP contribution in [0.3, 0.4) is 0 Å². The Hall–Kier alpha value is -2.10. The molecule has 2 rings (SSSR count). The number of carbonyl (C=O) groups excluding carboxylic acids is 1. The second-order valence-corrected chi connectivity index (χ2v) is 3.70. The molecular formula is C13H13FN2O. The summed E-state index contributed by atoms with van der Waals surface area (Å²) in [5.74, 6) is -0.870. The highest BCUT2D eigenvalue weighted by Crippen LogP contribution is 2.05. The van der Waals surface area contributed by atoms with E-state index < -0.39 is 5.82 Å². The lowest BCUT2D eigenvalue weighted by Gasteiger charge is -2.05. The van der Waals surface area contributed by atoms with Crippen LogP contribution in [-0.2, 0) is 6.42 Å². The fraction of sp³-hybridized carbons (Fsp3) is 0.154. The Kier molecular flexibility index (Phi) is 3.55. The van der Waals surface area contributed by atoms with Crippen molar-refractivity contribution in [1.29, 1.82) is 0 Å². The molecule has 4 heteroatoms. The minimum absolute atomic E-state index is 0.0848. The van der Waals surface area contributed by atoms with Crippen molar-refractivity contribution >= 4 is 5.91 Å². The molecule has 0 radical (unpaired) electrons. The third-order valence-electron chi connectivity index (χ3n) is 2.48. The molecule has 0 atom stereocenters. The van der Waals surface area contributed by atoms with Crippen LogP contribution in [0.25, 0.3) is 0 Å². The quantitative estimate of drug-likeness (QED) is 0.833. The highest BCUT2D eigenvalue weighted by atomic mass is 19.1. The third kappa shape index (κ3) is 2.93. The Labute approximate surface area is 98.7 Å². The topological polar surface area (TPSA) is 44.9 Å². The number of carbonyl (C=O) groups is 1. The number of halogens is 1. The molecule has 0 aliphatic carbocycles. The zero-order chi connectivity index (χ0) is 12.1. The fourth-order valence-corrected chi connectivity index (χ4v) is 1.57. The molecule has 0 fully saturated rings. The van der Waals surface area contributed by atoms with Gasteiger partial charge in [-0.15, -0.1) is 0 Å². The molecule has 0 aliphatic heterocycles. The molecule has 1 aromatic heterocycles. The van der Waals surface area contributed by atoms with Crippen molar-refractivity contribution in [3.05, 3.63) is 59.7 Å². The van der Waals surface area contributed by atoms with Crippen LogP contribution in [0, 0.1) is 5.82 Å². The molecule has 0 saturated carbocycles. The molecule has 17 heavy (non-hydrogen) atoms. The van der Waals surface area contributed by atoms with Gasteiger partial charge in [0.05, 0.1) is 5.56 Å². The Bertz CT molecular complexity index is 494. The lowest BCUT2D eigenvalue weighted by atomic mass is 10.2. The summed E-state index contributed by atoms with van der Waals surface area (Å²) in [6, 6.07) is 7.90. The van der Waals surface area contributed by atoms with Gasteiger partial charge >= 0.3 is 0 Å². The summed E-state index contributed by atoms with van der Waals surface area (Å²) in [5.41, 5.74) is 1.19. The lowest BCUT2D eigenvalue weighted by Crippen LogP contribution is -2.26. The van der Waals surface area contributed by atoms with Gasteiger partial charge in [-0.2, -0.15) is 0 Å². The molecular weight excluding hydrogens is 219 g/mol. The molecule has 2 N–H and O–H groups in total. The molecule has 0 spiro atoms. The molecule has 0 unspecified atom stereocenters. The highest BCUT2D eigenvalue weighted by Gasteiger charge is 2.09. The SMILES string of the molecule is O=C(NCCc1cc[nH]c1)c1ccccc1F. The van der Waals surface area contributed by atoms with Crippen LogP contribution in [0.15, 0.2) is 42.7 Å². The van der Waals surface area contributed by atoms with E-state index in [2.05, 4.69) is 10.3 Å². The maximum absolute atomic E-state index is 13.3. The van der Waals surface area contributed by atoms with Crippen LogP contribution < -0.4 is 5.32 Å². The standard InChI is InChI=1S/C13H13FN2O/c14-12-4-2-1-3-11(12)13(17)16-8-6-10-5-7-15-9-10/h1-5,7,9,15H,6,8H2,(H,16,17). The average Bonchev–Trinajstić information content (AvgIpc) is 2.82. The summed E-state index contributed by atoms with van der Waals surface area (Å²) in [5, 5.41) is 2.69. The van der Waals surface area contributed by atoms with Gasteiger partial charge in [-0.3, -0.25) is 4.79 Å². The van der Waals surface area contributed by atoms with Gasteiger partial charge in [0.2, 0.25) is 0 Å². The van der Waals surface area contributed by atoms with Gasteiger partial charge in [-0.1, -0.05) is 12.1 Å². The Morgan fingerprint density at radius 1 is 1.29 bits per heavy atom. The lowest BCUT2D eigenvalue weighted by molar-refractivity contribution is 0.0950. The predicted octanol–water partition coefficient (Wildman–Crippen LogP) is 2.13. The van der Waals surface area contributed by atoms with Gasteiger partial charge in [0.1, 0.15) is 5.82 Å². The molecule has 1 aromatic carbocycles. The highest BCUT2D eigenvalue weighted by molar-refractivity contribution is 5.94. The van der Waals surface area contributed by atoms with Crippen LogP contribution in [0.2, 0.25) is 0 Å². The monoisotopic (exact) mass is 232 g/mol. The van der Waals surface area contributed by atoms with Crippen molar-refractivity contribution in [2.75, 3.05) is 6.54 Å². The summed E-state index contributed by atoms with van der Waals surface area (Å²) in [7, 11) is 0. The van der Waals surface area contributed by atoms with Crippen molar-refractivity contribution in [3.63, 3.8) is 0 Å². The van der Waals surface area contributed by atoms with E-state index >= 15 is 0 Å². The summed E-state index contributed by atoms with van der Waals surface area (Å²) in [4.78, 5) is 14.6. The zero-order valence-corrected chi connectivity index (χ0v) is 9.24. The molecule has 0 saturated heterocycles. The third-order valence-corrected chi connectivity index (χ3v) is 2.48. The van der Waals surface area contributed by atoms with E-state index in [1.165, 1.54) is 12.1 Å². The van der Waals surface area contributed by atoms with Crippen molar-refractivity contribution in [2.45, 2.75) is 6.42 Å². The number of hydrogen-bond acceptors (Lipinski definition) is 1. The Morgan fingerprint density at radius 2 is 2.12 bits per heavy atom. The summed E-state index contributed by atoms with van der Waals surface area (Å²) >= 11 is 0. The molecule has 0 bridgehead atoms. The van der Waals surface area contributed by atoms with E-state index in [1.54, 1.807) is 12.1 Å². The normalized spacial score (nSPS) is 10.2. The molecule has 1 amide bonds. The van der Waals surface area contributed by atoms with Crippen molar-refractivity contribution in [2.24, 2.45) is 0 Å². The summed E-state index contributed by atoms with van der Waals surface area (Å²) in [6.45, 7) is 0.491. The Morgan fingerprint density at radius 3 is 2.82 bits per heavy atom. The maximum atomic E-state index is 13.3. The van der Waals surface area contributed by atoms with Crippen LogP contribution in [-0.4, -0.2) is 17.4 Å². The van der Waals surface area contributed by atoms with Gasteiger partial charge in [-0.05, 0) is 30.2 Å². The number of amides is 1. The number of aromatic amines is 1. The number of H-pyrrole nitrogens is 1.